The van der Waals surface area contributed by atoms with E-state index in [0.29, 0.717) is 12.2 Å². The maximum Gasteiger partial charge on any atom is 0.170 e. The smallest absolute Gasteiger partial charge is 0.170 e. The first-order chi connectivity index (χ1) is 8.57. The number of carbonyl (C=O) groups is 1. The largest absolute Gasteiger partial charge is 0.294 e. The zero-order valence-electron chi connectivity index (χ0n) is 10.5. The standard InChI is InChI=1S/C14H15NOS2/c1-14(2)7-9-12(10-5-3-4-6-15-10)17-18-13(9)11(16)8-14/h3-6,12H,7-8H2,1-2H3. The monoisotopic (exact) mass is 277 g/mol. The van der Waals surface area contributed by atoms with E-state index in [4.69, 9.17) is 0 Å². The van der Waals surface area contributed by atoms with Gasteiger partial charge < -0.3 is 0 Å². The predicted octanol–water partition coefficient (Wildman–Crippen LogP) is 4.16. The molecule has 0 radical (unpaired) electrons. The summed E-state index contributed by atoms with van der Waals surface area (Å²) in [6.45, 7) is 4.36. The lowest BCUT2D eigenvalue weighted by atomic mass is 9.75. The highest BCUT2D eigenvalue weighted by molar-refractivity contribution is 8.79. The van der Waals surface area contributed by atoms with Gasteiger partial charge in [-0.2, -0.15) is 0 Å². The molecule has 1 unspecified atom stereocenters. The summed E-state index contributed by atoms with van der Waals surface area (Å²) < 4.78 is 0. The summed E-state index contributed by atoms with van der Waals surface area (Å²) in [5, 5.41) is 0.259. The Labute approximate surface area is 115 Å². The lowest BCUT2D eigenvalue weighted by Crippen LogP contribution is -2.24. The van der Waals surface area contributed by atoms with E-state index in [1.165, 1.54) is 5.57 Å². The van der Waals surface area contributed by atoms with Crippen LogP contribution in [0.4, 0.5) is 0 Å². The summed E-state index contributed by atoms with van der Waals surface area (Å²) >= 11 is 0. The van der Waals surface area contributed by atoms with Crippen LogP contribution in [-0.2, 0) is 4.79 Å². The fraction of sp³-hybridized carbons (Fsp3) is 0.429. The first-order valence-electron chi connectivity index (χ1n) is 6.07. The minimum absolute atomic E-state index is 0.0917. The summed E-state index contributed by atoms with van der Waals surface area (Å²) in [4.78, 5) is 17.6. The Morgan fingerprint density at radius 2 is 2.17 bits per heavy atom. The van der Waals surface area contributed by atoms with Gasteiger partial charge in [-0.3, -0.25) is 9.78 Å². The number of pyridine rings is 1. The van der Waals surface area contributed by atoms with Crippen LogP contribution in [0.15, 0.2) is 34.9 Å². The van der Waals surface area contributed by atoms with Crippen LogP contribution in [-0.4, -0.2) is 10.8 Å². The minimum atomic E-state index is 0.0917. The van der Waals surface area contributed by atoms with E-state index in [2.05, 4.69) is 24.9 Å². The van der Waals surface area contributed by atoms with Gasteiger partial charge in [0.25, 0.3) is 0 Å². The quantitative estimate of drug-likeness (QED) is 0.721. The van der Waals surface area contributed by atoms with E-state index < -0.39 is 0 Å². The molecule has 1 atom stereocenters. The maximum atomic E-state index is 12.2. The average molecular weight is 277 g/mol. The lowest BCUT2D eigenvalue weighted by Gasteiger charge is -2.30. The van der Waals surface area contributed by atoms with Crippen molar-refractivity contribution >= 4 is 27.4 Å². The number of rotatable bonds is 1. The first-order valence-corrected chi connectivity index (χ1v) is 8.29. The number of allylic oxidation sites excluding steroid dienone is 1. The number of hydrogen-bond donors (Lipinski definition) is 0. The first kappa shape index (κ1) is 12.3. The lowest BCUT2D eigenvalue weighted by molar-refractivity contribution is -0.117. The fourth-order valence-corrected chi connectivity index (χ4v) is 5.68. The van der Waals surface area contributed by atoms with Gasteiger partial charge in [0.2, 0.25) is 0 Å². The second-order valence-corrected chi connectivity index (χ2v) is 7.93. The minimum Gasteiger partial charge on any atom is -0.294 e. The van der Waals surface area contributed by atoms with Crippen molar-refractivity contribution in [3.8, 4) is 0 Å². The van der Waals surface area contributed by atoms with E-state index in [1.54, 1.807) is 21.6 Å². The van der Waals surface area contributed by atoms with Gasteiger partial charge in [0.15, 0.2) is 5.78 Å². The van der Waals surface area contributed by atoms with Crippen molar-refractivity contribution in [2.24, 2.45) is 5.41 Å². The van der Waals surface area contributed by atoms with Gasteiger partial charge in [-0.05, 0) is 29.5 Å². The number of ketones is 1. The number of Topliss-reactive ketones (excluding diaryl/α,β-unsaturated/α-hetero) is 1. The molecule has 18 heavy (non-hydrogen) atoms. The van der Waals surface area contributed by atoms with E-state index in [-0.39, 0.29) is 10.7 Å². The van der Waals surface area contributed by atoms with Crippen LogP contribution in [0.5, 0.6) is 0 Å². The van der Waals surface area contributed by atoms with E-state index in [9.17, 15) is 4.79 Å². The highest BCUT2D eigenvalue weighted by atomic mass is 33.1. The number of carbonyl (C=O) groups excluding carboxylic acids is 1. The predicted molar refractivity (Wildman–Crippen MR) is 77.2 cm³/mol. The molecule has 2 nitrogen and oxygen atoms in total. The molecule has 0 amide bonds. The summed E-state index contributed by atoms with van der Waals surface area (Å²) in [5.74, 6) is 0.317. The molecule has 1 aromatic heterocycles. The summed E-state index contributed by atoms with van der Waals surface area (Å²) in [6, 6.07) is 6.00. The SMILES string of the molecule is CC1(C)CC(=O)C2=C(C1)C(c1ccccn1)SS2. The van der Waals surface area contributed by atoms with Crippen molar-refractivity contribution in [3.05, 3.63) is 40.6 Å². The second-order valence-electron chi connectivity index (χ2n) is 5.61. The highest BCUT2D eigenvalue weighted by Gasteiger charge is 2.41. The van der Waals surface area contributed by atoms with Gasteiger partial charge in [-0.15, -0.1) is 0 Å². The molecule has 4 heteroatoms. The molecule has 0 bridgehead atoms. The number of hydrogen-bond acceptors (Lipinski definition) is 4. The van der Waals surface area contributed by atoms with Crippen LogP contribution < -0.4 is 0 Å². The van der Waals surface area contributed by atoms with Crippen molar-refractivity contribution in [2.75, 3.05) is 0 Å². The van der Waals surface area contributed by atoms with E-state index >= 15 is 0 Å². The normalized spacial score (nSPS) is 26.3. The van der Waals surface area contributed by atoms with Crippen LogP contribution in [0, 0.1) is 5.41 Å². The second kappa shape index (κ2) is 4.42. The molecule has 1 aromatic rings. The maximum absolute atomic E-state index is 12.2. The van der Waals surface area contributed by atoms with Crippen molar-refractivity contribution in [1.29, 1.82) is 0 Å². The summed E-state index contributed by atoms with van der Waals surface area (Å²) in [7, 11) is 3.41. The topological polar surface area (TPSA) is 30.0 Å². The summed E-state index contributed by atoms with van der Waals surface area (Å²) in [6.07, 6.45) is 3.51. The molecule has 1 aliphatic heterocycles. The van der Waals surface area contributed by atoms with Gasteiger partial charge in [0.1, 0.15) is 0 Å². The highest BCUT2D eigenvalue weighted by Crippen LogP contribution is 2.60. The van der Waals surface area contributed by atoms with Crippen molar-refractivity contribution in [1.82, 2.24) is 4.98 Å². The van der Waals surface area contributed by atoms with E-state index in [1.807, 2.05) is 18.3 Å². The number of aromatic nitrogens is 1. The average Bonchev–Trinajstić information content (AvgIpc) is 2.72. The van der Waals surface area contributed by atoms with Crippen molar-refractivity contribution < 1.29 is 4.79 Å². The third-order valence-corrected chi connectivity index (χ3v) is 6.19. The van der Waals surface area contributed by atoms with Crippen LogP contribution in [0.25, 0.3) is 0 Å². The fourth-order valence-electron chi connectivity index (χ4n) is 2.58. The Morgan fingerprint density at radius 1 is 1.33 bits per heavy atom. The van der Waals surface area contributed by atoms with Gasteiger partial charge in [-0.1, -0.05) is 41.5 Å². The third kappa shape index (κ3) is 2.12. The number of nitrogens with zero attached hydrogens (tertiary/aromatic N) is 1. The molecule has 3 rings (SSSR count). The molecular weight excluding hydrogens is 262 g/mol. The summed E-state index contributed by atoms with van der Waals surface area (Å²) in [5.41, 5.74) is 2.46. The van der Waals surface area contributed by atoms with Gasteiger partial charge in [0, 0.05) is 12.6 Å². The van der Waals surface area contributed by atoms with Crippen LogP contribution in [0.3, 0.4) is 0 Å². The Balaban J connectivity index is 1.99. The molecular formula is C14H15NOS2. The zero-order valence-corrected chi connectivity index (χ0v) is 12.1. The van der Waals surface area contributed by atoms with Crippen LogP contribution in [0.1, 0.15) is 37.6 Å². The Kier molecular flexibility index (Phi) is 3.02. The Morgan fingerprint density at radius 3 is 2.89 bits per heavy atom. The molecule has 0 spiro atoms. The molecule has 0 saturated heterocycles. The Bertz CT molecular complexity index is 522. The zero-order chi connectivity index (χ0) is 12.8. The van der Waals surface area contributed by atoms with Crippen LogP contribution >= 0.6 is 21.6 Å². The molecule has 2 heterocycles. The molecule has 94 valence electrons. The van der Waals surface area contributed by atoms with Gasteiger partial charge in [0.05, 0.1) is 15.8 Å². The Hall–Kier alpha value is -0.740. The molecule has 1 aliphatic carbocycles. The molecule has 0 saturated carbocycles. The van der Waals surface area contributed by atoms with Crippen molar-refractivity contribution in [2.45, 2.75) is 31.9 Å². The van der Waals surface area contributed by atoms with Gasteiger partial charge in [-0.25, -0.2) is 0 Å². The van der Waals surface area contributed by atoms with E-state index in [0.717, 1.165) is 17.0 Å². The third-order valence-electron chi connectivity index (χ3n) is 3.35. The van der Waals surface area contributed by atoms with Crippen molar-refractivity contribution in [3.63, 3.8) is 0 Å². The van der Waals surface area contributed by atoms with Gasteiger partial charge >= 0.3 is 0 Å². The molecule has 2 aliphatic rings. The molecule has 0 fully saturated rings. The molecule has 0 N–H and O–H groups in total. The molecule has 0 aromatic carbocycles. The van der Waals surface area contributed by atoms with Crippen LogP contribution in [0.2, 0.25) is 0 Å².